The topological polar surface area (TPSA) is 51.6 Å². The van der Waals surface area contributed by atoms with Gasteiger partial charge in [-0.15, -0.1) is 0 Å². The fourth-order valence-corrected chi connectivity index (χ4v) is 2.96. The van der Waals surface area contributed by atoms with Gasteiger partial charge in [-0.2, -0.15) is 0 Å². The Balaban J connectivity index is 0. The molecule has 0 aliphatic carbocycles. The van der Waals surface area contributed by atoms with E-state index in [9.17, 15) is 0 Å². The average Bonchev–Trinajstić information content (AvgIpc) is 2.96. The molecule has 0 aliphatic rings. The van der Waals surface area contributed by atoms with Crippen LogP contribution in [0.1, 0.15) is 116 Å². The predicted octanol–water partition coefficient (Wildman–Crippen LogP) is 10.9. The SMILES string of the molecule is CC.CC(C)(C)c1cccnc1.CCC.CCc1cncc(C)c1.Cc1ccc(C(C)(C)C)cn1.Cc1ccncc1. The van der Waals surface area contributed by atoms with E-state index >= 15 is 0 Å². The Morgan fingerprint density at radius 3 is 1.43 bits per heavy atom. The van der Waals surface area contributed by atoms with Crippen LogP contribution in [-0.4, -0.2) is 19.9 Å². The van der Waals surface area contributed by atoms with Crippen LogP contribution in [0.4, 0.5) is 0 Å². The van der Waals surface area contributed by atoms with Crippen molar-refractivity contribution in [3.05, 3.63) is 119 Å². The van der Waals surface area contributed by atoms with Crippen molar-refractivity contribution >= 4 is 0 Å². The smallest absolute Gasteiger partial charge is 0.0372 e. The van der Waals surface area contributed by atoms with E-state index < -0.39 is 0 Å². The Hall–Kier alpha value is -3.40. The van der Waals surface area contributed by atoms with E-state index in [0.29, 0.717) is 0 Å². The number of aryl methyl sites for hydroxylation is 4. The summed E-state index contributed by atoms with van der Waals surface area (Å²) in [5, 5.41) is 0. The summed E-state index contributed by atoms with van der Waals surface area (Å²) in [6.07, 6.45) is 15.4. The van der Waals surface area contributed by atoms with Crippen molar-refractivity contribution in [2.75, 3.05) is 0 Å². The lowest BCUT2D eigenvalue weighted by Crippen LogP contribution is -2.11. The molecule has 0 spiro atoms. The Labute approximate surface area is 259 Å². The average molecular weight is 573 g/mol. The first kappa shape index (κ1) is 40.7. The summed E-state index contributed by atoms with van der Waals surface area (Å²) >= 11 is 0. The van der Waals surface area contributed by atoms with Gasteiger partial charge in [0.1, 0.15) is 0 Å². The number of nitrogens with zero attached hydrogens (tertiary/aromatic N) is 4. The fraction of sp³-hybridized carbons (Fsp3) is 0.474. The third-order valence-corrected chi connectivity index (χ3v) is 5.49. The van der Waals surface area contributed by atoms with Gasteiger partial charge in [0.25, 0.3) is 0 Å². The van der Waals surface area contributed by atoms with Gasteiger partial charge in [-0.3, -0.25) is 19.9 Å². The van der Waals surface area contributed by atoms with Crippen LogP contribution < -0.4 is 0 Å². The molecule has 4 nitrogen and oxygen atoms in total. The van der Waals surface area contributed by atoms with Crippen LogP contribution in [0.2, 0.25) is 0 Å². The highest BCUT2D eigenvalue weighted by molar-refractivity contribution is 5.20. The molecule has 4 aromatic rings. The van der Waals surface area contributed by atoms with E-state index in [4.69, 9.17) is 0 Å². The molecule has 0 aromatic carbocycles. The van der Waals surface area contributed by atoms with Gasteiger partial charge < -0.3 is 0 Å². The highest BCUT2D eigenvalue weighted by Crippen LogP contribution is 2.21. The first-order valence-corrected chi connectivity index (χ1v) is 15.3. The van der Waals surface area contributed by atoms with Gasteiger partial charge in [-0.25, -0.2) is 0 Å². The van der Waals surface area contributed by atoms with Gasteiger partial charge in [0.15, 0.2) is 0 Å². The molecule has 0 N–H and O–H groups in total. The van der Waals surface area contributed by atoms with Crippen LogP contribution in [0.25, 0.3) is 0 Å². The largest absolute Gasteiger partial charge is 0.265 e. The zero-order chi connectivity index (χ0) is 32.6. The molecule has 0 bridgehead atoms. The van der Waals surface area contributed by atoms with Gasteiger partial charge in [0.2, 0.25) is 0 Å². The summed E-state index contributed by atoms with van der Waals surface area (Å²) in [5.41, 5.74) is 7.94. The Morgan fingerprint density at radius 1 is 0.571 bits per heavy atom. The van der Waals surface area contributed by atoms with Crippen molar-refractivity contribution < 1.29 is 0 Å². The standard InChI is InChI=1S/C10H15N.C9H13N.C8H11N.C6H7N.C3H8.C2H6/c1-8-5-6-9(7-11-8)10(2,3)4;1-9(2,3)8-5-4-6-10-7-8;1-3-8-4-7(2)5-9-6-8;1-6-2-4-7-5-3-6;1-3-2;1-2/h5-7H,1-4H3;4-7H,1-3H3;4-6H,3H2,1-2H3;2-5H,1H3;3H2,1-2H3;1-2H3. The normalized spacial score (nSPS) is 9.86. The second kappa shape index (κ2) is 23.2. The quantitative estimate of drug-likeness (QED) is 0.228. The number of rotatable bonds is 1. The maximum atomic E-state index is 4.25. The summed E-state index contributed by atoms with van der Waals surface area (Å²) in [7, 11) is 0. The van der Waals surface area contributed by atoms with Crippen LogP contribution in [-0.2, 0) is 17.3 Å². The molecule has 4 heteroatoms. The van der Waals surface area contributed by atoms with Crippen LogP contribution in [0.3, 0.4) is 0 Å². The molecule has 0 radical (unpaired) electrons. The molecule has 42 heavy (non-hydrogen) atoms. The van der Waals surface area contributed by atoms with E-state index in [1.165, 1.54) is 34.2 Å². The molecule has 0 amide bonds. The molecule has 0 saturated heterocycles. The van der Waals surface area contributed by atoms with Gasteiger partial charge in [0.05, 0.1) is 0 Å². The van der Waals surface area contributed by atoms with Crippen molar-refractivity contribution in [2.45, 2.75) is 121 Å². The zero-order valence-electron chi connectivity index (χ0n) is 29.3. The highest BCUT2D eigenvalue weighted by atomic mass is 14.7. The fourth-order valence-electron chi connectivity index (χ4n) is 2.96. The van der Waals surface area contributed by atoms with Gasteiger partial charge in [-0.05, 0) is 90.1 Å². The first-order chi connectivity index (χ1) is 19.7. The van der Waals surface area contributed by atoms with E-state index in [0.717, 1.165) is 12.1 Å². The minimum absolute atomic E-state index is 0.223. The maximum absolute atomic E-state index is 4.25. The van der Waals surface area contributed by atoms with Crippen LogP contribution in [0.5, 0.6) is 0 Å². The molecular weight excluding hydrogens is 512 g/mol. The zero-order valence-corrected chi connectivity index (χ0v) is 29.3. The molecule has 0 aliphatic heterocycles. The summed E-state index contributed by atoms with van der Waals surface area (Å²) in [5.74, 6) is 0. The molecule has 0 fully saturated rings. The molecule has 4 aromatic heterocycles. The number of pyridine rings is 4. The van der Waals surface area contributed by atoms with Crippen molar-refractivity contribution in [1.29, 1.82) is 0 Å². The minimum Gasteiger partial charge on any atom is -0.265 e. The summed E-state index contributed by atoms with van der Waals surface area (Å²) in [6, 6.07) is 14.4. The Morgan fingerprint density at radius 2 is 1.12 bits per heavy atom. The molecule has 0 saturated carbocycles. The summed E-state index contributed by atoms with van der Waals surface area (Å²) in [4.78, 5) is 16.2. The Kier molecular flexibility index (Phi) is 22.5. The van der Waals surface area contributed by atoms with Gasteiger partial charge in [0, 0.05) is 49.1 Å². The first-order valence-electron chi connectivity index (χ1n) is 15.3. The van der Waals surface area contributed by atoms with E-state index in [2.05, 4.69) is 113 Å². The van der Waals surface area contributed by atoms with E-state index in [1.54, 1.807) is 18.6 Å². The second-order valence-electron chi connectivity index (χ2n) is 11.9. The summed E-state index contributed by atoms with van der Waals surface area (Å²) in [6.45, 7) is 29.6. The van der Waals surface area contributed by atoms with E-state index in [-0.39, 0.29) is 10.8 Å². The monoisotopic (exact) mass is 572 g/mol. The van der Waals surface area contributed by atoms with Crippen molar-refractivity contribution in [2.24, 2.45) is 0 Å². The lowest BCUT2D eigenvalue weighted by molar-refractivity contribution is 0.587. The van der Waals surface area contributed by atoms with Crippen LogP contribution in [0, 0.1) is 20.8 Å². The second-order valence-corrected chi connectivity index (χ2v) is 11.9. The molecule has 4 heterocycles. The highest BCUT2D eigenvalue weighted by Gasteiger charge is 2.13. The molecule has 4 rings (SSSR count). The van der Waals surface area contributed by atoms with Crippen molar-refractivity contribution in [3.8, 4) is 0 Å². The van der Waals surface area contributed by atoms with E-state index in [1.807, 2.05) is 70.7 Å². The number of aromatic nitrogens is 4. The summed E-state index contributed by atoms with van der Waals surface area (Å²) < 4.78 is 0. The lowest BCUT2D eigenvalue weighted by atomic mass is 9.88. The Bertz CT molecular complexity index is 1140. The van der Waals surface area contributed by atoms with Gasteiger partial charge in [-0.1, -0.05) is 101 Å². The number of hydrogen-bond acceptors (Lipinski definition) is 4. The molecule has 0 atom stereocenters. The molecule has 0 unspecified atom stereocenters. The lowest BCUT2D eigenvalue weighted by Gasteiger charge is -2.17. The molecule has 232 valence electrons. The number of hydrogen-bond donors (Lipinski definition) is 0. The van der Waals surface area contributed by atoms with Crippen molar-refractivity contribution in [3.63, 3.8) is 0 Å². The third kappa shape index (κ3) is 21.4. The maximum Gasteiger partial charge on any atom is 0.0372 e. The predicted molar refractivity (Wildman–Crippen MR) is 185 cm³/mol. The van der Waals surface area contributed by atoms with Crippen LogP contribution in [0.15, 0.2) is 85.8 Å². The van der Waals surface area contributed by atoms with Crippen molar-refractivity contribution in [1.82, 2.24) is 19.9 Å². The van der Waals surface area contributed by atoms with Gasteiger partial charge >= 0.3 is 0 Å². The van der Waals surface area contributed by atoms with Crippen LogP contribution >= 0.6 is 0 Å². The third-order valence-electron chi connectivity index (χ3n) is 5.49. The minimum atomic E-state index is 0.223. The molecular formula is C38H60N4.